The van der Waals surface area contributed by atoms with E-state index in [2.05, 4.69) is 19.2 Å². The molecule has 1 fully saturated rings. The molecule has 2 amide bonds. The standard InChI is InChI=1S/C15H20N2O4/c1-9(2)10-4-3-5-11(6-10)16-15(21)17-8-12(18)7-13(17)14(19)20/h3-6,9,12-13,18H,7-8H2,1-2H3,(H,16,21)(H,19,20)/t12-,13-/m1/s1. The lowest BCUT2D eigenvalue weighted by Gasteiger charge is -2.21. The molecule has 0 bridgehead atoms. The number of amides is 2. The number of hydrogen-bond donors (Lipinski definition) is 3. The fourth-order valence-electron chi connectivity index (χ4n) is 2.44. The monoisotopic (exact) mass is 292 g/mol. The molecule has 0 saturated carbocycles. The van der Waals surface area contributed by atoms with Gasteiger partial charge in [0.05, 0.1) is 6.10 Å². The molecule has 0 aliphatic carbocycles. The van der Waals surface area contributed by atoms with Crippen molar-refractivity contribution in [1.29, 1.82) is 0 Å². The van der Waals surface area contributed by atoms with Gasteiger partial charge in [-0.15, -0.1) is 0 Å². The van der Waals surface area contributed by atoms with Crippen LogP contribution in [0.4, 0.5) is 10.5 Å². The van der Waals surface area contributed by atoms with Gasteiger partial charge >= 0.3 is 12.0 Å². The normalized spacial score (nSPS) is 21.6. The minimum atomic E-state index is -1.10. The number of aliphatic carboxylic acids is 1. The van der Waals surface area contributed by atoms with Gasteiger partial charge in [0, 0.05) is 18.7 Å². The van der Waals surface area contributed by atoms with Crippen LogP contribution in [0.5, 0.6) is 0 Å². The summed E-state index contributed by atoms with van der Waals surface area (Å²) < 4.78 is 0. The van der Waals surface area contributed by atoms with Crippen LogP contribution < -0.4 is 5.32 Å². The number of nitrogens with zero attached hydrogens (tertiary/aromatic N) is 1. The van der Waals surface area contributed by atoms with Gasteiger partial charge in [-0.05, 0) is 23.6 Å². The summed E-state index contributed by atoms with van der Waals surface area (Å²) in [5.41, 5.74) is 1.71. The third kappa shape index (κ3) is 3.52. The molecular formula is C15H20N2O4. The molecule has 1 aromatic carbocycles. The van der Waals surface area contributed by atoms with Crippen molar-refractivity contribution in [3.8, 4) is 0 Å². The molecule has 1 aromatic rings. The van der Waals surface area contributed by atoms with Crippen LogP contribution in [0, 0.1) is 0 Å². The summed E-state index contributed by atoms with van der Waals surface area (Å²) in [6, 6.07) is 5.96. The van der Waals surface area contributed by atoms with E-state index in [1.54, 1.807) is 6.07 Å². The van der Waals surface area contributed by atoms with E-state index >= 15 is 0 Å². The Balaban J connectivity index is 2.10. The summed E-state index contributed by atoms with van der Waals surface area (Å²) in [6.45, 7) is 4.14. The SMILES string of the molecule is CC(C)c1cccc(NC(=O)N2C[C@H](O)C[C@@H]2C(=O)O)c1. The fourth-order valence-corrected chi connectivity index (χ4v) is 2.44. The second kappa shape index (κ2) is 6.13. The molecule has 3 N–H and O–H groups in total. The van der Waals surface area contributed by atoms with E-state index in [-0.39, 0.29) is 13.0 Å². The molecular weight excluding hydrogens is 272 g/mol. The number of carbonyl (C=O) groups excluding carboxylic acids is 1. The lowest BCUT2D eigenvalue weighted by atomic mass is 10.0. The van der Waals surface area contributed by atoms with Crippen LogP contribution in [0.3, 0.4) is 0 Å². The molecule has 6 nitrogen and oxygen atoms in total. The number of aliphatic hydroxyl groups excluding tert-OH is 1. The quantitative estimate of drug-likeness (QED) is 0.793. The first kappa shape index (κ1) is 15.3. The molecule has 6 heteroatoms. The lowest BCUT2D eigenvalue weighted by molar-refractivity contribution is -0.141. The van der Waals surface area contributed by atoms with Crippen LogP contribution in [-0.4, -0.2) is 45.8 Å². The third-order valence-corrected chi connectivity index (χ3v) is 3.63. The van der Waals surface area contributed by atoms with E-state index in [0.717, 1.165) is 10.5 Å². The second-order valence-electron chi connectivity index (χ2n) is 5.61. The number of carbonyl (C=O) groups is 2. The van der Waals surface area contributed by atoms with E-state index in [4.69, 9.17) is 5.11 Å². The zero-order valence-electron chi connectivity index (χ0n) is 12.1. The van der Waals surface area contributed by atoms with Crippen molar-refractivity contribution >= 4 is 17.7 Å². The minimum Gasteiger partial charge on any atom is -0.480 e. The number of likely N-dealkylation sites (tertiary alicyclic amines) is 1. The van der Waals surface area contributed by atoms with Crippen LogP contribution >= 0.6 is 0 Å². The molecule has 0 radical (unpaired) electrons. The Morgan fingerprint density at radius 1 is 1.38 bits per heavy atom. The molecule has 1 aliphatic heterocycles. The molecule has 0 aromatic heterocycles. The van der Waals surface area contributed by atoms with Crippen LogP contribution in [0.1, 0.15) is 31.7 Å². The summed E-state index contributed by atoms with van der Waals surface area (Å²) in [6.07, 6.45) is -0.728. The van der Waals surface area contributed by atoms with Gasteiger partial charge in [0.1, 0.15) is 6.04 Å². The van der Waals surface area contributed by atoms with E-state index in [1.807, 2.05) is 18.2 Å². The highest BCUT2D eigenvalue weighted by Crippen LogP contribution is 2.22. The largest absolute Gasteiger partial charge is 0.480 e. The number of urea groups is 1. The van der Waals surface area contributed by atoms with Crippen LogP contribution in [0.2, 0.25) is 0 Å². The number of rotatable bonds is 3. The van der Waals surface area contributed by atoms with Gasteiger partial charge in [-0.1, -0.05) is 26.0 Å². The van der Waals surface area contributed by atoms with Gasteiger partial charge in [-0.2, -0.15) is 0 Å². The average Bonchev–Trinajstić information content (AvgIpc) is 2.81. The van der Waals surface area contributed by atoms with Crippen LogP contribution in [0.15, 0.2) is 24.3 Å². The number of carboxylic acids is 1. The average molecular weight is 292 g/mol. The molecule has 21 heavy (non-hydrogen) atoms. The number of β-amino-alcohol motifs (C(OH)–C–C–N with tert-alkyl or cyclic N) is 1. The third-order valence-electron chi connectivity index (χ3n) is 3.63. The van der Waals surface area contributed by atoms with Crippen LogP contribution in [-0.2, 0) is 4.79 Å². The first-order valence-corrected chi connectivity index (χ1v) is 6.97. The van der Waals surface area contributed by atoms with Crippen molar-refractivity contribution in [1.82, 2.24) is 4.90 Å². The smallest absolute Gasteiger partial charge is 0.326 e. The number of carboxylic acid groups (broad SMARTS) is 1. The first-order valence-electron chi connectivity index (χ1n) is 6.97. The Labute approximate surface area is 123 Å². The van der Waals surface area contributed by atoms with Crippen molar-refractivity contribution in [2.45, 2.75) is 38.3 Å². The summed E-state index contributed by atoms with van der Waals surface area (Å²) >= 11 is 0. The van der Waals surface area contributed by atoms with Gasteiger partial charge in [0.2, 0.25) is 0 Å². The molecule has 1 saturated heterocycles. The van der Waals surface area contributed by atoms with E-state index < -0.39 is 24.1 Å². The van der Waals surface area contributed by atoms with E-state index in [1.165, 1.54) is 0 Å². The Bertz CT molecular complexity index is 544. The van der Waals surface area contributed by atoms with Crippen LogP contribution in [0.25, 0.3) is 0 Å². The zero-order chi connectivity index (χ0) is 15.6. The van der Waals surface area contributed by atoms with E-state index in [0.29, 0.717) is 11.6 Å². The van der Waals surface area contributed by atoms with Crippen molar-refractivity contribution in [2.75, 3.05) is 11.9 Å². The molecule has 0 unspecified atom stereocenters. The Morgan fingerprint density at radius 2 is 2.10 bits per heavy atom. The summed E-state index contributed by atoms with van der Waals surface area (Å²) in [5.74, 6) is -0.764. The topological polar surface area (TPSA) is 89.9 Å². The van der Waals surface area contributed by atoms with Crippen molar-refractivity contribution < 1.29 is 19.8 Å². The number of hydrogen-bond acceptors (Lipinski definition) is 3. The highest BCUT2D eigenvalue weighted by atomic mass is 16.4. The van der Waals surface area contributed by atoms with Gasteiger partial charge < -0.3 is 20.4 Å². The van der Waals surface area contributed by atoms with Gasteiger partial charge in [-0.3, -0.25) is 0 Å². The fraction of sp³-hybridized carbons (Fsp3) is 0.467. The molecule has 2 atom stereocenters. The maximum atomic E-state index is 12.2. The van der Waals surface area contributed by atoms with Gasteiger partial charge in [-0.25, -0.2) is 9.59 Å². The number of benzene rings is 1. The van der Waals surface area contributed by atoms with Crippen molar-refractivity contribution in [3.05, 3.63) is 29.8 Å². The molecule has 114 valence electrons. The predicted molar refractivity (Wildman–Crippen MR) is 78.3 cm³/mol. The molecule has 2 rings (SSSR count). The number of nitrogens with one attached hydrogen (secondary N) is 1. The zero-order valence-corrected chi connectivity index (χ0v) is 12.1. The molecule has 1 aliphatic rings. The molecule has 0 spiro atoms. The number of aliphatic hydroxyl groups is 1. The van der Waals surface area contributed by atoms with Gasteiger partial charge in [0.25, 0.3) is 0 Å². The first-order chi connectivity index (χ1) is 9.88. The van der Waals surface area contributed by atoms with E-state index in [9.17, 15) is 14.7 Å². The van der Waals surface area contributed by atoms with Crippen molar-refractivity contribution in [2.24, 2.45) is 0 Å². The number of anilines is 1. The maximum absolute atomic E-state index is 12.2. The maximum Gasteiger partial charge on any atom is 0.326 e. The Hall–Kier alpha value is -2.08. The van der Waals surface area contributed by atoms with Gasteiger partial charge in [0.15, 0.2) is 0 Å². The second-order valence-corrected chi connectivity index (χ2v) is 5.61. The Morgan fingerprint density at radius 3 is 2.71 bits per heavy atom. The Kier molecular flexibility index (Phi) is 4.47. The lowest BCUT2D eigenvalue weighted by Crippen LogP contribution is -2.43. The predicted octanol–water partition coefficient (Wildman–Crippen LogP) is 1.86. The highest BCUT2D eigenvalue weighted by Gasteiger charge is 2.38. The summed E-state index contributed by atoms with van der Waals surface area (Å²) in [5, 5.41) is 21.4. The summed E-state index contributed by atoms with van der Waals surface area (Å²) in [4.78, 5) is 24.5. The minimum absolute atomic E-state index is 0.0344. The summed E-state index contributed by atoms with van der Waals surface area (Å²) in [7, 11) is 0. The van der Waals surface area contributed by atoms with Crippen molar-refractivity contribution in [3.63, 3.8) is 0 Å². The molecule has 1 heterocycles. The highest BCUT2D eigenvalue weighted by molar-refractivity contribution is 5.92.